The van der Waals surface area contributed by atoms with Crippen molar-refractivity contribution in [3.05, 3.63) is 61.7 Å². The van der Waals surface area contributed by atoms with Gasteiger partial charge in [0, 0.05) is 23.4 Å². The van der Waals surface area contributed by atoms with Gasteiger partial charge in [0.1, 0.15) is 5.82 Å². The van der Waals surface area contributed by atoms with Crippen LogP contribution in [0.3, 0.4) is 0 Å². The molecular formula is C14H14N4O4. The number of carbonyl (C=O) groups is 1. The molecule has 1 amide bonds. The van der Waals surface area contributed by atoms with Crippen molar-refractivity contribution in [1.29, 1.82) is 0 Å². The molecule has 0 saturated heterocycles. The Balaban J connectivity index is 2.17. The summed E-state index contributed by atoms with van der Waals surface area (Å²) >= 11 is 0. The second-order valence-electron chi connectivity index (χ2n) is 4.80. The number of nitrogens with zero attached hydrogens (tertiary/aromatic N) is 2. The molecule has 0 aliphatic heterocycles. The first-order chi connectivity index (χ1) is 10.4. The van der Waals surface area contributed by atoms with Crippen LogP contribution in [0, 0.1) is 24.0 Å². The quantitative estimate of drug-likeness (QED) is 0.655. The Bertz CT molecular complexity index is 798. The van der Waals surface area contributed by atoms with Gasteiger partial charge in [-0.1, -0.05) is 12.1 Å². The largest absolute Gasteiger partial charge is 0.347 e. The summed E-state index contributed by atoms with van der Waals surface area (Å²) in [5.74, 6) is -0.254. The molecule has 0 bridgehead atoms. The maximum Gasteiger partial charge on any atom is 0.347 e. The van der Waals surface area contributed by atoms with Gasteiger partial charge in [0.05, 0.1) is 11.3 Å². The van der Waals surface area contributed by atoms with Gasteiger partial charge in [-0.15, -0.1) is 0 Å². The number of aromatic amines is 1. The first-order valence-electron chi connectivity index (χ1n) is 6.47. The predicted octanol–water partition coefficient (Wildman–Crippen LogP) is 1.48. The van der Waals surface area contributed by atoms with Gasteiger partial charge in [-0.05, 0) is 19.4 Å². The molecule has 0 spiro atoms. The smallest absolute Gasteiger partial charge is 0.310 e. The molecular weight excluding hydrogens is 288 g/mol. The van der Waals surface area contributed by atoms with E-state index in [0.717, 1.165) is 0 Å². The summed E-state index contributed by atoms with van der Waals surface area (Å²) in [6.07, 6.45) is -0.0406. The van der Waals surface area contributed by atoms with Crippen LogP contribution >= 0.6 is 0 Å². The number of hydrogen-bond donors (Lipinski definition) is 2. The highest BCUT2D eigenvalue weighted by Crippen LogP contribution is 2.21. The van der Waals surface area contributed by atoms with E-state index < -0.39 is 16.5 Å². The zero-order chi connectivity index (χ0) is 16.3. The van der Waals surface area contributed by atoms with Crippen LogP contribution in [0.25, 0.3) is 0 Å². The van der Waals surface area contributed by atoms with E-state index in [2.05, 4.69) is 15.3 Å². The highest BCUT2D eigenvalue weighted by molar-refractivity contribution is 5.91. The van der Waals surface area contributed by atoms with Crippen LogP contribution in [0.4, 0.5) is 11.5 Å². The van der Waals surface area contributed by atoms with Crippen molar-refractivity contribution in [3.63, 3.8) is 0 Å². The summed E-state index contributed by atoms with van der Waals surface area (Å²) in [4.78, 5) is 39.7. The molecule has 2 rings (SSSR count). The molecule has 0 fully saturated rings. The molecule has 0 saturated carbocycles. The Morgan fingerprint density at radius 3 is 2.77 bits per heavy atom. The Morgan fingerprint density at radius 2 is 2.14 bits per heavy atom. The monoisotopic (exact) mass is 302 g/mol. The van der Waals surface area contributed by atoms with Crippen LogP contribution < -0.4 is 11.0 Å². The van der Waals surface area contributed by atoms with Crippen LogP contribution in [-0.4, -0.2) is 20.8 Å². The van der Waals surface area contributed by atoms with E-state index in [1.54, 1.807) is 19.9 Å². The molecule has 0 aliphatic rings. The molecule has 1 aromatic carbocycles. The Hall–Kier alpha value is -3.03. The number of carbonyl (C=O) groups excluding carboxylic acids is 1. The van der Waals surface area contributed by atoms with Crippen molar-refractivity contribution in [2.75, 3.05) is 5.32 Å². The average Bonchev–Trinajstić information content (AvgIpc) is 2.39. The van der Waals surface area contributed by atoms with Gasteiger partial charge in [-0.3, -0.25) is 14.9 Å². The summed E-state index contributed by atoms with van der Waals surface area (Å²) in [6.45, 7) is 3.26. The number of rotatable bonds is 4. The lowest BCUT2D eigenvalue weighted by atomic mass is 10.0. The lowest BCUT2D eigenvalue weighted by Gasteiger charge is -2.07. The number of nitrogens with one attached hydrogen (secondary N) is 2. The second-order valence-corrected chi connectivity index (χ2v) is 4.80. The molecule has 8 heteroatoms. The summed E-state index contributed by atoms with van der Waals surface area (Å²) in [6, 6.07) is 6.10. The average molecular weight is 302 g/mol. The fraction of sp³-hybridized carbons (Fsp3) is 0.214. The molecule has 0 radical (unpaired) electrons. The number of nitro benzene ring substituents is 1. The molecule has 8 nitrogen and oxygen atoms in total. The van der Waals surface area contributed by atoms with Gasteiger partial charge in [0.25, 0.3) is 5.69 Å². The van der Waals surface area contributed by atoms with Gasteiger partial charge in [-0.25, -0.2) is 4.79 Å². The molecule has 114 valence electrons. The molecule has 0 atom stereocenters. The van der Waals surface area contributed by atoms with Crippen LogP contribution in [-0.2, 0) is 11.2 Å². The van der Waals surface area contributed by atoms with Gasteiger partial charge >= 0.3 is 5.69 Å². The van der Waals surface area contributed by atoms with Crippen molar-refractivity contribution in [2.24, 2.45) is 0 Å². The maximum absolute atomic E-state index is 12.0. The summed E-state index contributed by atoms with van der Waals surface area (Å²) in [5, 5.41) is 13.4. The lowest BCUT2D eigenvalue weighted by molar-refractivity contribution is -0.385. The summed E-state index contributed by atoms with van der Waals surface area (Å²) in [5.41, 5.74) is 0.977. The minimum Gasteiger partial charge on any atom is -0.310 e. The molecule has 2 N–H and O–H groups in total. The van der Waals surface area contributed by atoms with Crippen LogP contribution in [0.1, 0.15) is 16.8 Å². The van der Waals surface area contributed by atoms with Gasteiger partial charge in [0.15, 0.2) is 0 Å². The van der Waals surface area contributed by atoms with Crippen molar-refractivity contribution in [2.45, 2.75) is 20.3 Å². The number of anilines is 1. The third kappa shape index (κ3) is 3.54. The molecule has 22 heavy (non-hydrogen) atoms. The van der Waals surface area contributed by atoms with Gasteiger partial charge in [-0.2, -0.15) is 4.98 Å². The standard InChI is InChI=1S/C14H14N4O4/c1-8-6-12(17-14(20)15-8)16-13(19)7-10-4-3-5-11(9(10)2)18(21)22/h3-6H,7H2,1-2H3,(H2,15,16,17,19,20). The van der Waals surface area contributed by atoms with E-state index in [4.69, 9.17) is 0 Å². The predicted molar refractivity (Wildman–Crippen MR) is 79.8 cm³/mol. The molecule has 1 heterocycles. The fourth-order valence-electron chi connectivity index (χ4n) is 2.06. The minimum absolute atomic E-state index is 0.0320. The second kappa shape index (κ2) is 6.17. The SMILES string of the molecule is Cc1cc(NC(=O)Cc2cccc([N+](=O)[O-])c2C)nc(=O)[nH]1. The Morgan fingerprint density at radius 1 is 1.41 bits per heavy atom. The fourth-order valence-corrected chi connectivity index (χ4v) is 2.06. The van der Waals surface area contributed by atoms with Gasteiger partial charge < -0.3 is 10.3 Å². The van der Waals surface area contributed by atoms with E-state index in [-0.39, 0.29) is 17.9 Å². The van der Waals surface area contributed by atoms with Crippen molar-refractivity contribution in [3.8, 4) is 0 Å². The number of nitro groups is 1. The highest BCUT2D eigenvalue weighted by Gasteiger charge is 2.15. The van der Waals surface area contributed by atoms with Crippen molar-refractivity contribution >= 4 is 17.4 Å². The van der Waals surface area contributed by atoms with Crippen LogP contribution in [0.15, 0.2) is 29.1 Å². The number of aromatic nitrogens is 2. The van der Waals surface area contributed by atoms with Gasteiger partial charge in [0.2, 0.25) is 5.91 Å². The molecule has 0 unspecified atom stereocenters. The topological polar surface area (TPSA) is 118 Å². The van der Waals surface area contributed by atoms with Crippen LogP contribution in [0.2, 0.25) is 0 Å². The van der Waals surface area contributed by atoms with Crippen molar-refractivity contribution in [1.82, 2.24) is 9.97 Å². The normalized spacial score (nSPS) is 10.3. The minimum atomic E-state index is -0.554. The van der Waals surface area contributed by atoms with E-state index in [0.29, 0.717) is 16.8 Å². The first kappa shape index (κ1) is 15.4. The number of amides is 1. The van der Waals surface area contributed by atoms with Crippen molar-refractivity contribution < 1.29 is 9.72 Å². The summed E-state index contributed by atoms with van der Waals surface area (Å²) < 4.78 is 0. The zero-order valence-electron chi connectivity index (χ0n) is 12.0. The maximum atomic E-state index is 12.0. The molecule has 1 aromatic heterocycles. The first-order valence-corrected chi connectivity index (χ1v) is 6.47. The van der Waals surface area contributed by atoms with E-state index >= 15 is 0 Å². The lowest BCUT2D eigenvalue weighted by Crippen LogP contribution is -2.20. The highest BCUT2D eigenvalue weighted by atomic mass is 16.6. The Kier molecular flexibility index (Phi) is 4.31. The van der Waals surface area contributed by atoms with E-state index in [1.165, 1.54) is 18.2 Å². The Labute approximate surface area is 125 Å². The van der Waals surface area contributed by atoms with Crippen LogP contribution in [0.5, 0.6) is 0 Å². The third-order valence-corrected chi connectivity index (χ3v) is 3.11. The molecule has 0 aliphatic carbocycles. The zero-order valence-corrected chi connectivity index (χ0v) is 12.0. The van der Waals surface area contributed by atoms with E-state index in [9.17, 15) is 19.7 Å². The summed E-state index contributed by atoms with van der Waals surface area (Å²) in [7, 11) is 0. The molecule has 2 aromatic rings. The third-order valence-electron chi connectivity index (χ3n) is 3.11. The number of hydrogen-bond acceptors (Lipinski definition) is 5. The number of aryl methyl sites for hydroxylation is 1. The number of benzene rings is 1. The number of H-pyrrole nitrogens is 1. The van der Waals surface area contributed by atoms with E-state index in [1.807, 2.05) is 0 Å².